The van der Waals surface area contributed by atoms with Crippen molar-refractivity contribution < 1.29 is 4.79 Å². The predicted molar refractivity (Wildman–Crippen MR) is 126 cm³/mol. The largest absolute Gasteiger partial charge is 0.316 e. The third-order valence-electron chi connectivity index (χ3n) is 5.24. The number of para-hydroxylation sites is 1. The fourth-order valence-electron chi connectivity index (χ4n) is 3.63. The van der Waals surface area contributed by atoms with Crippen molar-refractivity contribution in [2.45, 2.75) is 43.8 Å². The number of carbonyl (C=O) groups excluding carboxylic acids is 1. The second kappa shape index (κ2) is 9.94. The highest BCUT2D eigenvalue weighted by Gasteiger charge is 2.15. The molecule has 3 aromatic rings. The monoisotopic (exact) mass is 450 g/mol. The molecule has 1 aromatic carbocycles. The van der Waals surface area contributed by atoms with Gasteiger partial charge in [0.2, 0.25) is 5.91 Å². The Balaban J connectivity index is 1.55. The summed E-state index contributed by atoms with van der Waals surface area (Å²) in [5.41, 5.74) is 2.40. The van der Waals surface area contributed by atoms with Gasteiger partial charge in [0.1, 0.15) is 11.1 Å². The molecule has 0 bridgehead atoms. The number of aromatic nitrogens is 2. The van der Waals surface area contributed by atoms with Crippen LogP contribution in [0.25, 0.3) is 10.9 Å². The van der Waals surface area contributed by atoms with Gasteiger partial charge in [0.15, 0.2) is 5.16 Å². The van der Waals surface area contributed by atoms with Crippen molar-refractivity contribution in [1.29, 1.82) is 5.26 Å². The molecule has 0 saturated heterocycles. The van der Waals surface area contributed by atoms with Gasteiger partial charge in [-0.05, 0) is 55.7 Å². The van der Waals surface area contributed by atoms with Crippen molar-refractivity contribution in [2.75, 3.05) is 11.1 Å². The third-order valence-corrected chi connectivity index (χ3v) is 7.05. The van der Waals surface area contributed by atoms with E-state index in [2.05, 4.69) is 22.4 Å². The quantitative estimate of drug-likeness (QED) is 0.313. The minimum Gasteiger partial charge on any atom is -0.316 e. The number of anilines is 1. The fourth-order valence-corrected chi connectivity index (χ4v) is 5.21. The SMILES string of the molecule is N#Cc1ccsc1NC(=O)CSc1nc2ccccc2c(=O)n1CCC1=CCCCC1. The van der Waals surface area contributed by atoms with Crippen LogP contribution in [0.3, 0.4) is 0 Å². The maximum Gasteiger partial charge on any atom is 0.262 e. The van der Waals surface area contributed by atoms with Gasteiger partial charge in [-0.2, -0.15) is 5.26 Å². The summed E-state index contributed by atoms with van der Waals surface area (Å²) in [5.74, 6) is -0.121. The average Bonchev–Trinajstić information content (AvgIpc) is 3.25. The number of fused-ring (bicyclic) bond motifs is 1. The third kappa shape index (κ3) is 5.06. The van der Waals surface area contributed by atoms with Gasteiger partial charge in [0.05, 0.1) is 22.2 Å². The number of nitrogens with zero attached hydrogens (tertiary/aromatic N) is 3. The number of carbonyl (C=O) groups is 1. The van der Waals surface area contributed by atoms with E-state index in [0.717, 1.165) is 19.3 Å². The minimum absolute atomic E-state index is 0.0741. The highest BCUT2D eigenvalue weighted by atomic mass is 32.2. The normalized spacial score (nSPS) is 13.6. The van der Waals surface area contributed by atoms with E-state index >= 15 is 0 Å². The van der Waals surface area contributed by atoms with E-state index in [1.807, 2.05) is 18.2 Å². The Morgan fingerprint density at radius 3 is 2.97 bits per heavy atom. The van der Waals surface area contributed by atoms with Crippen LogP contribution in [0.15, 0.2) is 57.3 Å². The number of thioether (sulfide) groups is 1. The van der Waals surface area contributed by atoms with Gasteiger partial charge in [-0.3, -0.25) is 14.2 Å². The molecule has 0 unspecified atom stereocenters. The molecule has 1 N–H and O–H groups in total. The van der Waals surface area contributed by atoms with Crippen LogP contribution in [0.5, 0.6) is 0 Å². The highest BCUT2D eigenvalue weighted by Crippen LogP contribution is 2.25. The maximum absolute atomic E-state index is 13.2. The van der Waals surface area contributed by atoms with Crippen molar-refractivity contribution in [3.8, 4) is 6.07 Å². The molecule has 0 atom stereocenters. The summed E-state index contributed by atoms with van der Waals surface area (Å²) in [6.45, 7) is 0.552. The van der Waals surface area contributed by atoms with Crippen molar-refractivity contribution in [2.24, 2.45) is 0 Å². The average molecular weight is 451 g/mol. The molecule has 6 nitrogen and oxygen atoms in total. The first-order chi connectivity index (χ1) is 15.2. The summed E-state index contributed by atoms with van der Waals surface area (Å²) in [5, 5.41) is 15.3. The number of nitriles is 1. The fraction of sp³-hybridized carbons (Fsp3) is 0.304. The van der Waals surface area contributed by atoms with E-state index in [1.54, 1.807) is 22.1 Å². The van der Waals surface area contributed by atoms with Gasteiger partial charge in [-0.15, -0.1) is 11.3 Å². The molecule has 4 rings (SSSR count). The molecule has 1 amide bonds. The molecule has 0 spiro atoms. The number of rotatable bonds is 7. The predicted octanol–water partition coefficient (Wildman–Crippen LogP) is 4.95. The Hall–Kier alpha value is -2.89. The van der Waals surface area contributed by atoms with Gasteiger partial charge in [0.25, 0.3) is 5.56 Å². The summed E-state index contributed by atoms with van der Waals surface area (Å²) in [4.78, 5) is 30.3. The van der Waals surface area contributed by atoms with Crippen LogP contribution in [0.1, 0.15) is 37.7 Å². The number of nitrogens with one attached hydrogen (secondary N) is 1. The smallest absolute Gasteiger partial charge is 0.262 e. The zero-order valence-electron chi connectivity index (χ0n) is 17.0. The first-order valence-corrected chi connectivity index (χ1v) is 12.1. The van der Waals surface area contributed by atoms with Gasteiger partial charge in [-0.25, -0.2) is 4.98 Å². The van der Waals surface area contributed by atoms with Crippen molar-refractivity contribution in [3.05, 3.63) is 63.3 Å². The molecular weight excluding hydrogens is 428 g/mol. The molecular formula is C23H22N4O2S2. The molecule has 8 heteroatoms. The molecule has 1 aliphatic rings. The lowest BCUT2D eigenvalue weighted by molar-refractivity contribution is -0.113. The van der Waals surface area contributed by atoms with Crippen LogP contribution in [0, 0.1) is 11.3 Å². The molecule has 31 heavy (non-hydrogen) atoms. The Labute approximate surface area is 188 Å². The highest BCUT2D eigenvalue weighted by molar-refractivity contribution is 7.99. The lowest BCUT2D eigenvalue weighted by atomic mass is 9.97. The molecule has 0 saturated carbocycles. The molecule has 0 radical (unpaired) electrons. The lowest BCUT2D eigenvalue weighted by Crippen LogP contribution is -2.24. The van der Waals surface area contributed by atoms with E-state index in [4.69, 9.17) is 5.26 Å². The summed E-state index contributed by atoms with van der Waals surface area (Å²) in [7, 11) is 0. The number of thiophene rings is 1. The van der Waals surface area contributed by atoms with Crippen LogP contribution < -0.4 is 10.9 Å². The molecule has 2 aromatic heterocycles. The maximum atomic E-state index is 13.2. The number of hydrogen-bond donors (Lipinski definition) is 1. The van der Waals surface area contributed by atoms with Gasteiger partial charge < -0.3 is 5.32 Å². The molecule has 0 aliphatic heterocycles. The Bertz CT molecular complexity index is 1240. The standard InChI is InChI=1S/C23H22N4O2S2/c24-14-17-11-13-30-21(17)26-20(28)15-31-23-25-19-9-5-4-8-18(19)22(29)27(23)12-10-16-6-2-1-3-7-16/h4-6,8-9,11,13H,1-3,7,10,12,15H2,(H,26,28). The number of allylic oxidation sites excluding steroid dienone is 2. The zero-order chi connectivity index (χ0) is 21.6. The van der Waals surface area contributed by atoms with Crippen LogP contribution >= 0.6 is 23.1 Å². The minimum atomic E-state index is -0.229. The summed E-state index contributed by atoms with van der Waals surface area (Å²) >= 11 is 2.56. The molecule has 2 heterocycles. The summed E-state index contributed by atoms with van der Waals surface area (Å²) in [6, 6.07) is 11.1. The second-order valence-electron chi connectivity index (χ2n) is 7.34. The van der Waals surface area contributed by atoms with E-state index in [0.29, 0.717) is 33.2 Å². The van der Waals surface area contributed by atoms with Crippen molar-refractivity contribution in [1.82, 2.24) is 9.55 Å². The van der Waals surface area contributed by atoms with Crippen LogP contribution in [-0.4, -0.2) is 21.2 Å². The number of hydrogen-bond acceptors (Lipinski definition) is 6. The molecule has 0 fully saturated rings. The van der Waals surface area contributed by atoms with Crippen LogP contribution in [-0.2, 0) is 11.3 Å². The van der Waals surface area contributed by atoms with E-state index in [9.17, 15) is 9.59 Å². The number of benzene rings is 1. The number of amides is 1. The van der Waals surface area contributed by atoms with Crippen LogP contribution in [0.4, 0.5) is 5.00 Å². The summed E-state index contributed by atoms with van der Waals surface area (Å²) in [6.07, 6.45) is 7.73. The van der Waals surface area contributed by atoms with Gasteiger partial charge >= 0.3 is 0 Å². The second-order valence-corrected chi connectivity index (χ2v) is 9.20. The van der Waals surface area contributed by atoms with Crippen molar-refractivity contribution >= 4 is 44.9 Å². The summed E-state index contributed by atoms with van der Waals surface area (Å²) < 4.78 is 1.70. The van der Waals surface area contributed by atoms with Crippen LogP contribution in [0.2, 0.25) is 0 Å². The topological polar surface area (TPSA) is 87.8 Å². The molecule has 1 aliphatic carbocycles. The Morgan fingerprint density at radius 2 is 2.16 bits per heavy atom. The zero-order valence-corrected chi connectivity index (χ0v) is 18.6. The Kier molecular flexibility index (Phi) is 6.85. The molecule has 158 valence electrons. The van der Waals surface area contributed by atoms with E-state index < -0.39 is 0 Å². The lowest BCUT2D eigenvalue weighted by Gasteiger charge is -2.16. The van der Waals surface area contributed by atoms with Gasteiger partial charge in [-0.1, -0.05) is 35.5 Å². The first kappa shape index (κ1) is 21.3. The van der Waals surface area contributed by atoms with E-state index in [-0.39, 0.29) is 17.2 Å². The van der Waals surface area contributed by atoms with Crippen molar-refractivity contribution in [3.63, 3.8) is 0 Å². The first-order valence-electron chi connectivity index (χ1n) is 10.2. The van der Waals surface area contributed by atoms with Gasteiger partial charge in [0, 0.05) is 6.54 Å². The van der Waals surface area contributed by atoms with E-state index in [1.165, 1.54) is 41.5 Å². The Morgan fingerprint density at radius 1 is 1.29 bits per heavy atom.